The molecule has 0 aliphatic carbocycles. The maximum atomic E-state index is 12.3. The zero-order valence-corrected chi connectivity index (χ0v) is 18.3. The summed E-state index contributed by atoms with van der Waals surface area (Å²) in [4.78, 5) is 30.4. The first-order chi connectivity index (χ1) is 14.6. The largest absolute Gasteiger partial charge is 0.546 e. The number of quaternary nitrogens is 1. The summed E-state index contributed by atoms with van der Waals surface area (Å²) in [5, 5.41) is 13.1. The second-order valence-electron chi connectivity index (χ2n) is 7.68. The Labute approximate surface area is 185 Å². The fraction of sp³-hybridized carbons (Fsp3) is 0.400. The zero-order valence-electron chi connectivity index (χ0n) is 17.6. The monoisotopic (exact) mass is 450 g/mol. The maximum Gasteiger partial charge on any atom is 0.273 e. The molecule has 1 heterocycles. The number of nitrogens with two attached hydrogens (primary N) is 2. The van der Waals surface area contributed by atoms with Gasteiger partial charge in [-0.1, -0.05) is 23.7 Å². The molecule has 31 heavy (non-hydrogen) atoms. The van der Waals surface area contributed by atoms with Crippen molar-refractivity contribution in [3.05, 3.63) is 40.7 Å². The highest BCUT2D eigenvalue weighted by Gasteiger charge is 2.18. The lowest BCUT2D eigenvalue weighted by atomic mass is 10.1. The van der Waals surface area contributed by atoms with Crippen molar-refractivity contribution < 1.29 is 23.9 Å². The van der Waals surface area contributed by atoms with Gasteiger partial charge in [-0.05, 0) is 24.1 Å². The minimum Gasteiger partial charge on any atom is -0.546 e. The van der Waals surface area contributed by atoms with Crippen molar-refractivity contribution in [3.8, 4) is 5.75 Å². The third-order valence-corrected chi connectivity index (χ3v) is 4.91. The van der Waals surface area contributed by atoms with E-state index in [9.17, 15) is 14.7 Å². The summed E-state index contributed by atoms with van der Waals surface area (Å²) in [7, 11) is 4.16. The summed E-state index contributed by atoms with van der Waals surface area (Å²) in [5.41, 5.74) is 12.3. The van der Waals surface area contributed by atoms with Crippen LogP contribution in [0.1, 0.15) is 22.5 Å². The van der Waals surface area contributed by atoms with E-state index in [1.165, 1.54) is 0 Å². The Balaban J connectivity index is 1.75. The minimum absolute atomic E-state index is 0.0201. The number of carboxylic acid groups (broad SMARTS) is 1. The smallest absolute Gasteiger partial charge is 0.273 e. The number of benzene rings is 1. The van der Waals surface area contributed by atoms with Crippen LogP contribution in [0.2, 0.25) is 5.15 Å². The molecule has 0 spiro atoms. The molecule has 2 aromatic rings. The molecule has 2 rings (SSSR count). The number of nitrogens with zero attached hydrogens (tertiary/aromatic N) is 3. The number of nitrogens with one attached hydrogen (secondary N) is 1. The highest BCUT2D eigenvalue weighted by molar-refractivity contribution is 6.31. The summed E-state index contributed by atoms with van der Waals surface area (Å²) in [6.07, 6.45) is 1.80. The number of rotatable bonds is 11. The van der Waals surface area contributed by atoms with E-state index in [1.54, 1.807) is 12.1 Å². The van der Waals surface area contributed by atoms with Gasteiger partial charge >= 0.3 is 0 Å². The van der Waals surface area contributed by atoms with Crippen LogP contribution >= 0.6 is 11.6 Å². The lowest BCUT2D eigenvalue weighted by Crippen LogP contribution is -2.46. The number of carbonyl (C=O) groups is 2. The number of hydrogen-bond acceptors (Lipinski definition) is 8. The third kappa shape index (κ3) is 7.91. The molecule has 0 saturated heterocycles. The molecule has 0 fully saturated rings. The molecule has 1 aromatic carbocycles. The van der Waals surface area contributed by atoms with E-state index >= 15 is 0 Å². The van der Waals surface area contributed by atoms with E-state index in [1.807, 2.05) is 12.1 Å². The topological polar surface area (TPSA) is 156 Å². The second-order valence-corrected chi connectivity index (χ2v) is 8.04. The summed E-state index contributed by atoms with van der Waals surface area (Å²) < 4.78 is 5.77. The van der Waals surface area contributed by atoms with Gasteiger partial charge in [-0.25, -0.2) is 9.97 Å². The zero-order chi connectivity index (χ0) is 23.0. The van der Waals surface area contributed by atoms with Gasteiger partial charge in [0.2, 0.25) is 0 Å². The minimum atomic E-state index is -1.26. The molecule has 1 aromatic heterocycles. The molecule has 168 valence electrons. The number of anilines is 2. The average molecular weight is 451 g/mol. The second kappa shape index (κ2) is 10.8. The number of likely N-dealkylation sites (N-methyl/N-ethyl adjacent to an activating group) is 1. The number of aromatic nitrogens is 2. The van der Waals surface area contributed by atoms with Gasteiger partial charge in [0.1, 0.15) is 12.4 Å². The molecule has 0 bridgehead atoms. The third-order valence-electron chi connectivity index (χ3n) is 4.63. The molecule has 0 radical (unpaired) electrons. The van der Waals surface area contributed by atoms with Crippen LogP contribution in [-0.2, 0) is 11.2 Å². The van der Waals surface area contributed by atoms with Gasteiger partial charge in [0.15, 0.2) is 22.5 Å². The van der Waals surface area contributed by atoms with E-state index in [2.05, 4.69) is 29.4 Å². The van der Waals surface area contributed by atoms with Gasteiger partial charge < -0.3 is 35.9 Å². The van der Waals surface area contributed by atoms with Crippen LogP contribution < -0.4 is 26.6 Å². The number of carboxylic acids is 1. The lowest BCUT2D eigenvalue weighted by Gasteiger charge is -2.30. The summed E-state index contributed by atoms with van der Waals surface area (Å²) in [6.45, 7) is 1.57. The predicted octanol–water partition coefficient (Wildman–Crippen LogP) is -0.138. The number of aliphatic carboxylic acids is 1. The predicted molar refractivity (Wildman–Crippen MR) is 115 cm³/mol. The molecule has 0 atom stereocenters. The van der Waals surface area contributed by atoms with E-state index in [0.29, 0.717) is 23.3 Å². The SMILES string of the molecule is C[N+](C)(CCCc1ccc(OCC(=O)[O-])cc1)CCNC(=O)c1nc(Cl)c(N)nc1N. The molecular formula is C20H27ClN6O4. The Hall–Kier alpha value is -3.11. The number of ether oxygens (including phenoxy) is 1. The van der Waals surface area contributed by atoms with Crippen LogP contribution in [-0.4, -0.2) is 66.7 Å². The molecule has 5 N–H and O–H groups in total. The van der Waals surface area contributed by atoms with Crippen LogP contribution in [0.15, 0.2) is 24.3 Å². The first-order valence-corrected chi connectivity index (χ1v) is 10.1. The Bertz CT molecular complexity index is 921. The van der Waals surface area contributed by atoms with Gasteiger partial charge in [0, 0.05) is 6.42 Å². The van der Waals surface area contributed by atoms with E-state index in [-0.39, 0.29) is 22.5 Å². The van der Waals surface area contributed by atoms with Crippen LogP contribution in [0, 0.1) is 0 Å². The van der Waals surface area contributed by atoms with Crippen molar-refractivity contribution in [1.29, 1.82) is 0 Å². The summed E-state index contributed by atoms with van der Waals surface area (Å²) in [6, 6.07) is 7.31. The van der Waals surface area contributed by atoms with Gasteiger partial charge in [0.25, 0.3) is 5.91 Å². The molecule has 0 aliphatic heterocycles. The quantitative estimate of drug-likeness (QED) is 0.399. The van der Waals surface area contributed by atoms with Gasteiger partial charge in [-0.3, -0.25) is 4.79 Å². The van der Waals surface area contributed by atoms with Crippen molar-refractivity contribution in [1.82, 2.24) is 15.3 Å². The van der Waals surface area contributed by atoms with Crippen LogP contribution in [0.4, 0.5) is 11.6 Å². The van der Waals surface area contributed by atoms with Gasteiger partial charge in [-0.15, -0.1) is 0 Å². The Kier molecular flexibility index (Phi) is 8.40. The van der Waals surface area contributed by atoms with Crippen molar-refractivity contribution in [2.45, 2.75) is 12.8 Å². The number of hydrogen-bond donors (Lipinski definition) is 3. The summed E-state index contributed by atoms with van der Waals surface area (Å²) in [5.74, 6) is -1.30. The molecule has 1 amide bonds. The maximum absolute atomic E-state index is 12.3. The highest BCUT2D eigenvalue weighted by atomic mass is 35.5. The number of nitrogen functional groups attached to an aromatic ring is 2. The van der Waals surface area contributed by atoms with Crippen molar-refractivity contribution in [3.63, 3.8) is 0 Å². The van der Waals surface area contributed by atoms with E-state index in [4.69, 9.17) is 27.8 Å². The first-order valence-electron chi connectivity index (χ1n) is 9.67. The standard InChI is InChI=1S/C20H27ClN6O4/c1-27(2,10-3-4-13-5-7-14(8-6-13)31-12-15(28)29)11-9-24-20(30)16-18(22)26-19(23)17(21)25-16/h5-8H,3-4,9-12H2,1-2H3,(H5-,22,23,24,26,28,29,30). The number of carbonyl (C=O) groups excluding carboxylic acids is 2. The summed E-state index contributed by atoms with van der Waals surface area (Å²) >= 11 is 5.81. The van der Waals surface area contributed by atoms with Crippen LogP contribution in [0.25, 0.3) is 0 Å². The van der Waals surface area contributed by atoms with Crippen molar-refractivity contribution in [2.24, 2.45) is 0 Å². The average Bonchev–Trinajstić information content (AvgIpc) is 2.69. The van der Waals surface area contributed by atoms with Crippen LogP contribution in [0.3, 0.4) is 0 Å². The van der Waals surface area contributed by atoms with Crippen LogP contribution in [0.5, 0.6) is 5.75 Å². The molecular weight excluding hydrogens is 424 g/mol. The first kappa shape index (κ1) is 24.2. The van der Waals surface area contributed by atoms with Crippen molar-refractivity contribution >= 4 is 35.1 Å². The van der Waals surface area contributed by atoms with E-state index in [0.717, 1.165) is 24.9 Å². The fourth-order valence-corrected chi connectivity index (χ4v) is 3.01. The van der Waals surface area contributed by atoms with Gasteiger partial charge in [0.05, 0.1) is 39.7 Å². The molecule has 10 nitrogen and oxygen atoms in total. The normalized spacial score (nSPS) is 11.2. The number of aryl methyl sites for hydroxylation is 1. The van der Waals surface area contributed by atoms with Crippen molar-refractivity contribution in [2.75, 3.05) is 51.8 Å². The Morgan fingerprint density at radius 3 is 2.45 bits per heavy atom. The van der Waals surface area contributed by atoms with Gasteiger partial charge in [-0.2, -0.15) is 0 Å². The Morgan fingerprint density at radius 2 is 1.81 bits per heavy atom. The Morgan fingerprint density at radius 1 is 1.13 bits per heavy atom. The number of amides is 1. The molecule has 11 heteroatoms. The molecule has 0 unspecified atom stereocenters. The number of halogens is 1. The fourth-order valence-electron chi connectivity index (χ4n) is 2.88. The highest BCUT2D eigenvalue weighted by Crippen LogP contribution is 2.17. The molecule has 0 aliphatic rings. The molecule has 0 saturated carbocycles. The van der Waals surface area contributed by atoms with E-state index < -0.39 is 18.5 Å². The lowest BCUT2D eigenvalue weighted by molar-refractivity contribution is -0.889.